The number of ether oxygens (including phenoxy) is 3. The second kappa shape index (κ2) is 8.03. The van der Waals surface area contributed by atoms with E-state index >= 15 is 0 Å². The Labute approximate surface area is 208 Å². The lowest BCUT2D eigenvalue weighted by atomic mass is 10.2. The molecule has 1 aliphatic carbocycles. The van der Waals surface area contributed by atoms with Gasteiger partial charge in [-0.15, -0.1) is 21.5 Å². The van der Waals surface area contributed by atoms with Crippen molar-refractivity contribution in [3.63, 3.8) is 0 Å². The summed E-state index contributed by atoms with van der Waals surface area (Å²) in [5.41, 5.74) is 2.85. The van der Waals surface area contributed by atoms with Gasteiger partial charge in [0.15, 0.2) is 16.7 Å². The molecule has 0 amide bonds. The van der Waals surface area contributed by atoms with E-state index in [0.717, 1.165) is 51.7 Å². The third-order valence-corrected chi connectivity index (χ3v) is 8.75. The second-order valence-electron chi connectivity index (χ2n) is 8.44. The number of methoxy groups -OCH3 is 1. The fourth-order valence-corrected chi connectivity index (χ4v) is 7.17. The predicted octanol–water partition coefficient (Wildman–Crippen LogP) is 4.61. The third-order valence-electron chi connectivity index (χ3n) is 6.47. The molecule has 176 valence electrons. The fourth-order valence-electron chi connectivity index (χ4n) is 4.86. The number of aromatic nitrogens is 4. The van der Waals surface area contributed by atoms with Gasteiger partial charge >= 0.3 is 0 Å². The highest BCUT2D eigenvalue weighted by molar-refractivity contribution is 7.98. The number of rotatable bonds is 5. The van der Waals surface area contributed by atoms with Gasteiger partial charge < -0.3 is 14.2 Å². The van der Waals surface area contributed by atoms with Gasteiger partial charge in [-0.3, -0.25) is 4.79 Å². The van der Waals surface area contributed by atoms with Crippen LogP contribution in [0.4, 0.5) is 0 Å². The Bertz CT molecular complexity index is 1690. The van der Waals surface area contributed by atoms with Crippen molar-refractivity contribution >= 4 is 39.1 Å². The zero-order valence-corrected chi connectivity index (χ0v) is 20.4. The summed E-state index contributed by atoms with van der Waals surface area (Å²) >= 11 is 3.27. The Hall–Kier alpha value is -3.50. The third kappa shape index (κ3) is 3.16. The normalized spacial score (nSPS) is 14.2. The van der Waals surface area contributed by atoms with Gasteiger partial charge in [0.05, 0.1) is 18.2 Å². The van der Waals surface area contributed by atoms with Crippen molar-refractivity contribution in [1.29, 1.82) is 0 Å². The summed E-state index contributed by atoms with van der Waals surface area (Å²) in [5.74, 6) is 3.30. The Morgan fingerprint density at radius 3 is 2.91 bits per heavy atom. The van der Waals surface area contributed by atoms with Crippen LogP contribution < -0.4 is 19.8 Å². The van der Waals surface area contributed by atoms with Crippen molar-refractivity contribution in [3.05, 3.63) is 68.8 Å². The lowest BCUT2D eigenvalue weighted by Crippen LogP contribution is -2.22. The van der Waals surface area contributed by atoms with Gasteiger partial charge in [-0.1, -0.05) is 30.0 Å². The van der Waals surface area contributed by atoms with Crippen LogP contribution in [0.2, 0.25) is 0 Å². The van der Waals surface area contributed by atoms with Crippen molar-refractivity contribution < 1.29 is 14.2 Å². The summed E-state index contributed by atoms with van der Waals surface area (Å²) in [6, 6.07) is 13.5. The van der Waals surface area contributed by atoms with E-state index in [2.05, 4.69) is 10.2 Å². The Morgan fingerprint density at radius 1 is 1.11 bits per heavy atom. The number of hydrogen-bond donors (Lipinski definition) is 0. The molecule has 0 N–H and O–H groups in total. The first-order chi connectivity index (χ1) is 17.2. The van der Waals surface area contributed by atoms with Crippen LogP contribution in [0.25, 0.3) is 21.7 Å². The maximum atomic E-state index is 13.9. The zero-order valence-electron chi connectivity index (χ0n) is 18.8. The number of thioether (sulfide) groups is 1. The summed E-state index contributed by atoms with van der Waals surface area (Å²) < 4.78 is 20.2. The molecular weight excluding hydrogens is 484 g/mol. The van der Waals surface area contributed by atoms with Gasteiger partial charge in [-0.25, -0.2) is 8.97 Å². The summed E-state index contributed by atoms with van der Waals surface area (Å²) in [7, 11) is 1.61. The van der Waals surface area contributed by atoms with Crippen LogP contribution in [0.15, 0.2) is 52.4 Å². The number of nitrogens with zero attached hydrogens (tertiary/aromatic N) is 4. The molecule has 7 rings (SSSR count). The van der Waals surface area contributed by atoms with E-state index < -0.39 is 0 Å². The van der Waals surface area contributed by atoms with Crippen LogP contribution in [0, 0.1) is 0 Å². The van der Waals surface area contributed by atoms with E-state index in [9.17, 15) is 4.79 Å². The molecule has 0 fully saturated rings. The molecule has 1 aliphatic heterocycles. The SMILES string of the molecule is COc1ccccc1-n1c(=O)c2c3c(sc2n2c(SCc4ccc5c(c4)OCO5)nnc12)CCC3. The molecule has 0 spiro atoms. The van der Waals surface area contributed by atoms with Crippen LogP contribution in [0.1, 0.15) is 22.4 Å². The van der Waals surface area contributed by atoms with E-state index in [-0.39, 0.29) is 12.4 Å². The smallest absolute Gasteiger partial charge is 0.268 e. The molecule has 10 heteroatoms. The van der Waals surface area contributed by atoms with E-state index in [0.29, 0.717) is 23.0 Å². The zero-order chi connectivity index (χ0) is 23.5. The Morgan fingerprint density at radius 2 is 2.00 bits per heavy atom. The van der Waals surface area contributed by atoms with Crippen molar-refractivity contribution in [3.8, 4) is 22.9 Å². The maximum absolute atomic E-state index is 13.9. The van der Waals surface area contributed by atoms with Crippen LogP contribution in [-0.4, -0.2) is 33.1 Å². The van der Waals surface area contributed by atoms with Crippen molar-refractivity contribution in [2.75, 3.05) is 13.9 Å². The van der Waals surface area contributed by atoms with E-state index in [1.165, 1.54) is 10.4 Å². The van der Waals surface area contributed by atoms with Crippen LogP contribution in [-0.2, 0) is 18.6 Å². The lowest BCUT2D eigenvalue weighted by molar-refractivity contribution is 0.174. The number of aryl methyl sites for hydroxylation is 2. The molecule has 2 aliphatic rings. The van der Waals surface area contributed by atoms with Gasteiger partial charge in [-0.05, 0) is 54.7 Å². The van der Waals surface area contributed by atoms with Crippen LogP contribution in [0.3, 0.4) is 0 Å². The first kappa shape index (κ1) is 20.8. The average Bonchev–Trinajstić information content (AvgIpc) is 3.65. The van der Waals surface area contributed by atoms with Crippen LogP contribution in [0.5, 0.6) is 17.2 Å². The number of benzene rings is 2. The van der Waals surface area contributed by atoms with Crippen molar-refractivity contribution in [1.82, 2.24) is 19.2 Å². The average molecular weight is 505 g/mol. The van der Waals surface area contributed by atoms with Gasteiger partial charge in [0, 0.05) is 10.6 Å². The second-order valence-corrected chi connectivity index (χ2v) is 10.5. The van der Waals surface area contributed by atoms with Gasteiger partial charge in [0.2, 0.25) is 12.6 Å². The molecule has 0 atom stereocenters. The molecule has 35 heavy (non-hydrogen) atoms. The number of thiophene rings is 1. The largest absolute Gasteiger partial charge is 0.495 e. The quantitative estimate of drug-likeness (QED) is 0.323. The molecule has 5 aromatic rings. The minimum absolute atomic E-state index is 0.0730. The molecule has 4 heterocycles. The van der Waals surface area contributed by atoms with Crippen LogP contribution >= 0.6 is 23.1 Å². The summed E-state index contributed by atoms with van der Waals surface area (Å²) in [6.45, 7) is 0.252. The molecule has 0 saturated heterocycles. The minimum Gasteiger partial charge on any atom is -0.495 e. The lowest BCUT2D eigenvalue weighted by Gasteiger charge is -2.13. The van der Waals surface area contributed by atoms with Crippen molar-refractivity contribution in [2.24, 2.45) is 0 Å². The number of fused-ring (bicyclic) bond motifs is 6. The molecular formula is C25H20N4O4S2. The first-order valence-electron chi connectivity index (χ1n) is 11.3. The predicted molar refractivity (Wildman–Crippen MR) is 135 cm³/mol. The Balaban J connectivity index is 1.42. The highest BCUT2D eigenvalue weighted by Gasteiger charge is 2.27. The van der Waals surface area contributed by atoms with Gasteiger partial charge in [-0.2, -0.15) is 0 Å². The van der Waals surface area contributed by atoms with Crippen molar-refractivity contribution in [2.45, 2.75) is 30.2 Å². The fraction of sp³-hybridized carbons (Fsp3) is 0.240. The molecule has 0 bridgehead atoms. The minimum atomic E-state index is -0.0730. The summed E-state index contributed by atoms with van der Waals surface area (Å²) in [6.07, 6.45) is 3.01. The maximum Gasteiger partial charge on any atom is 0.268 e. The molecule has 8 nitrogen and oxygen atoms in total. The number of hydrogen-bond acceptors (Lipinski definition) is 8. The molecule has 0 saturated carbocycles. The standard InChI is InChI=1S/C25H20N4O4S2/c1-31-17-7-3-2-6-16(17)28-22(30)21-15-5-4-8-20(15)35-23(21)29-24(28)26-27-25(29)34-12-14-9-10-18-19(11-14)33-13-32-18/h2-3,6-7,9-11H,4-5,8,12-13H2,1H3. The molecule has 3 aromatic heterocycles. The first-order valence-corrected chi connectivity index (χ1v) is 13.1. The van der Waals surface area contributed by atoms with Gasteiger partial charge in [0.25, 0.3) is 5.56 Å². The Kier molecular flexibility index (Phi) is 4.78. The monoisotopic (exact) mass is 504 g/mol. The highest BCUT2D eigenvalue weighted by Crippen LogP contribution is 2.39. The number of para-hydroxylation sites is 2. The van der Waals surface area contributed by atoms with Gasteiger partial charge in [0.1, 0.15) is 10.6 Å². The molecule has 0 radical (unpaired) electrons. The van der Waals surface area contributed by atoms with E-state index in [4.69, 9.17) is 14.2 Å². The highest BCUT2D eigenvalue weighted by atomic mass is 32.2. The summed E-state index contributed by atoms with van der Waals surface area (Å²) in [5, 5.41) is 10.5. The van der Waals surface area contributed by atoms with E-state index in [1.807, 2.05) is 46.9 Å². The molecule has 0 unspecified atom stereocenters. The summed E-state index contributed by atoms with van der Waals surface area (Å²) in [4.78, 5) is 16.1. The topological polar surface area (TPSA) is 79.9 Å². The molecule has 2 aromatic carbocycles. The van der Waals surface area contributed by atoms with E-state index in [1.54, 1.807) is 34.8 Å².